The summed E-state index contributed by atoms with van der Waals surface area (Å²) in [6.45, 7) is 4.15. The minimum absolute atomic E-state index is 0.147. The molecule has 0 amide bonds. The molecule has 1 fully saturated rings. The van der Waals surface area contributed by atoms with Gasteiger partial charge >= 0.3 is 0 Å². The monoisotopic (exact) mass is 316 g/mol. The third-order valence-electron chi connectivity index (χ3n) is 4.00. The minimum atomic E-state index is -3.69. The lowest BCUT2D eigenvalue weighted by Crippen LogP contribution is -2.13. The van der Waals surface area contributed by atoms with E-state index in [-0.39, 0.29) is 16.9 Å². The number of ether oxygens (including phenoxy) is 1. The van der Waals surface area contributed by atoms with E-state index in [1.165, 1.54) is 18.9 Å². The fourth-order valence-corrected chi connectivity index (χ4v) is 3.36. The van der Waals surface area contributed by atoms with E-state index < -0.39 is 9.05 Å². The maximum atomic E-state index is 11.5. The highest BCUT2D eigenvalue weighted by atomic mass is 35.7. The number of halogens is 1. The molecule has 0 aromatic heterocycles. The first-order valence-corrected chi connectivity index (χ1v) is 9.48. The highest BCUT2D eigenvalue weighted by Crippen LogP contribution is 2.34. The predicted octanol–water partition coefficient (Wildman–Crippen LogP) is 4.45. The molecule has 0 aliphatic heterocycles. The van der Waals surface area contributed by atoms with Crippen LogP contribution in [0.3, 0.4) is 0 Å². The van der Waals surface area contributed by atoms with E-state index >= 15 is 0 Å². The molecule has 0 N–H and O–H groups in total. The first kappa shape index (κ1) is 15.6. The zero-order chi connectivity index (χ0) is 14.8. The Morgan fingerprint density at radius 3 is 2.55 bits per heavy atom. The van der Waals surface area contributed by atoms with Crippen molar-refractivity contribution in [1.29, 1.82) is 0 Å². The minimum Gasteiger partial charge on any atom is -0.490 e. The summed E-state index contributed by atoms with van der Waals surface area (Å²) in [6, 6.07) is 4.92. The molecule has 0 spiro atoms. The number of hydrogen-bond donors (Lipinski definition) is 0. The Hall–Kier alpha value is -0.740. The number of rotatable bonds is 5. The van der Waals surface area contributed by atoms with E-state index in [9.17, 15) is 8.42 Å². The van der Waals surface area contributed by atoms with Gasteiger partial charge in [-0.15, -0.1) is 0 Å². The summed E-state index contributed by atoms with van der Waals surface area (Å²) in [6.07, 6.45) is 5.75. The lowest BCUT2D eigenvalue weighted by Gasteiger charge is -2.20. The first-order valence-electron chi connectivity index (χ1n) is 7.17. The Morgan fingerprint density at radius 1 is 1.35 bits per heavy atom. The Balaban J connectivity index is 2.34. The van der Waals surface area contributed by atoms with E-state index in [1.54, 1.807) is 12.1 Å². The molecular formula is C15H21ClO3S. The van der Waals surface area contributed by atoms with Crippen LogP contribution in [0.4, 0.5) is 0 Å². The molecular weight excluding hydrogens is 296 g/mol. The predicted molar refractivity (Wildman–Crippen MR) is 81.1 cm³/mol. The Bertz CT molecular complexity index is 562. The SMILES string of the molecule is CCC(C)c1cc(S(=O)(=O)Cl)ccc1OC1CCCC1. The van der Waals surface area contributed by atoms with Crippen LogP contribution in [0.2, 0.25) is 0 Å². The molecule has 0 radical (unpaired) electrons. The van der Waals surface area contributed by atoms with Gasteiger partial charge in [-0.05, 0) is 61.8 Å². The molecule has 1 aliphatic rings. The Kier molecular flexibility index (Phi) is 4.97. The van der Waals surface area contributed by atoms with Crippen LogP contribution in [0.1, 0.15) is 57.4 Å². The third kappa shape index (κ3) is 3.67. The van der Waals surface area contributed by atoms with Gasteiger partial charge in [0, 0.05) is 10.7 Å². The molecule has 1 saturated carbocycles. The number of benzene rings is 1. The Labute approximate surface area is 125 Å². The molecule has 2 rings (SSSR count). The molecule has 3 nitrogen and oxygen atoms in total. The second-order valence-corrected chi connectivity index (χ2v) is 8.04. The smallest absolute Gasteiger partial charge is 0.261 e. The van der Waals surface area contributed by atoms with Crippen molar-refractivity contribution in [3.63, 3.8) is 0 Å². The molecule has 0 heterocycles. The van der Waals surface area contributed by atoms with Crippen LogP contribution >= 0.6 is 10.7 Å². The normalized spacial score (nSPS) is 18.1. The molecule has 0 bridgehead atoms. The topological polar surface area (TPSA) is 43.4 Å². The second-order valence-electron chi connectivity index (χ2n) is 5.47. The molecule has 1 aliphatic carbocycles. The maximum absolute atomic E-state index is 11.5. The summed E-state index contributed by atoms with van der Waals surface area (Å²) in [5.41, 5.74) is 0.932. The molecule has 1 aromatic carbocycles. The first-order chi connectivity index (χ1) is 9.41. The van der Waals surface area contributed by atoms with Crippen LogP contribution in [0.15, 0.2) is 23.1 Å². The number of hydrogen-bond acceptors (Lipinski definition) is 3. The second kappa shape index (κ2) is 6.35. The van der Waals surface area contributed by atoms with Crippen LogP contribution < -0.4 is 4.74 Å². The standard InChI is InChI=1S/C15H21ClO3S/c1-3-11(2)14-10-13(20(16,17)18)8-9-15(14)19-12-6-4-5-7-12/h8-12H,3-7H2,1-2H3. The molecule has 20 heavy (non-hydrogen) atoms. The quantitative estimate of drug-likeness (QED) is 0.754. The summed E-state index contributed by atoms with van der Waals surface area (Å²) < 4.78 is 29.0. The van der Waals surface area contributed by atoms with E-state index in [0.717, 1.165) is 30.6 Å². The summed E-state index contributed by atoms with van der Waals surface area (Å²) in [7, 11) is 1.74. The Morgan fingerprint density at radius 2 is 2.00 bits per heavy atom. The van der Waals surface area contributed by atoms with Crippen molar-refractivity contribution in [3.8, 4) is 5.75 Å². The van der Waals surface area contributed by atoms with Crippen LogP contribution in [-0.2, 0) is 9.05 Å². The average Bonchev–Trinajstić information content (AvgIpc) is 2.90. The van der Waals surface area contributed by atoms with E-state index in [1.807, 2.05) is 0 Å². The molecule has 112 valence electrons. The third-order valence-corrected chi connectivity index (χ3v) is 5.35. The van der Waals surface area contributed by atoms with Crippen molar-refractivity contribution >= 4 is 19.7 Å². The van der Waals surface area contributed by atoms with Crippen LogP contribution in [0, 0.1) is 0 Å². The van der Waals surface area contributed by atoms with Crippen molar-refractivity contribution in [2.45, 2.75) is 62.9 Å². The van der Waals surface area contributed by atoms with Crippen LogP contribution in [0.25, 0.3) is 0 Å². The van der Waals surface area contributed by atoms with Crippen LogP contribution in [-0.4, -0.2) is 14.5 Å². The average molecular weight is 317 g/mol. The highest BCUT2D eigenvalue weighted by Gasteiger charge is 2.21. The zero-order valence-corrected chi connectivity index (χ0v) is 13.5. The van der Waals surface area contributed by atoms with E-state index in [4.69, 9.17) is 15.4 Å². The van der Waals surface area contributed by atoms with E-state index in [2.05, 4.69) is 13.8 Å². The lowest BCUT2D eigenvalue weighted by molar-refractivity contribution is 0.207. The van der Waals surface area contributed by atoms with Crippen molar-refractivity contribution in [2.24, 2.45) is 0 Å². The summed E-state index contributed by atoms with van der Waals surface area (Å²) >= 11 is 0. The fraction of sp³-hybridized carbons (Fsp3) is 0.600. The maximum Gasteiger partial charge on any atom is 0.261 e. The van der Waals surface area contributed by atoms with Gasteiger partial charge in [0.2, 0.25) is 0 Å². The van der Waals surface area contributed by atoms with Gasteiger partial charge in [-0.2, -0.15) is 0 Å². The molecule has 1 unspecified atom stereocenters. The van der Waals surface area contributed by atoms with E-state index in [0.29, 0.717) is 0 Å². The highest BCUT2D eigenvalue weighted by molar-refractivity contribution is 8.13. The van der Waals surface area contributed by atoms with Gasteiger partial charge in [0.15, 0.2) is 0 Å². The van der Waals surface area contributed by atoms with Gasteiger partial charge in [0.25, 0.3) is 9.05 Å². The van der Waals surface area contributed by atoms with Gasteiger partial charge in [0.1, 0.15) is 5.75 Å². The summed E-state index contributed by atoms with van der Waals surface area (Å²) in [4.78, 5) is 0.147. The van der Waals surface area contributed by atoms with Crippen molar-refractivity contribution in [1.82, 2.24) is 0 Å². The van der Waals surface area contributed by atoms with Crippen molar-refractivity contribution in [3.05, 3.63) is 23.8 Å². The fourth-order valence-electron chi connectivity index (χ4n) is 2.58. The van der Waals surface area contributed by atoms with Gasteiger partial charge in [-0.1, -0.05) is 13.8 Å². The van der Waals surface area contributed by atoms with Crippen molar-refractivity contribution < 1.29 is 13.2 Å². The molecule has 5 heteroatoms. The van der Waals surface area contributed by atoms with Crippen molar-refractivity contribution in [2.75, 3.05) is 0 Å². The van der Waals surface area contributed by atoms with Gasteiger partial charge in [0.05, 0.1) is 11.0 Å². The lowest BCUT2D eigenvalue weighted by atomic mass is 9.97. The van der Waals surface area contributed by atoms with Crippen LogP contribution in [0.5, 0.6) is 5.75 Å². The molecule has 0 saturated heterocycles. The molecule has 1 atom stereocenters. The zero-order valence-electron chi connectivity index (χ0n) is 11.9. The van der Waals surface area contributed by atoms with Gasteiger partial charge in [-0.25, -0.2) is 8.42 Å². The van der Waals surface area contributed by atoms with Gasteiger partial charge in [-0.3, -0.25) is 0 Å². The summed E-state index contributed by atoms with van der Waals surface area (Å²) in [5.74, 6) is 1.04. The largest absolute Gasteiger partial charge is 0.490 e. The molecule has 1 aromatic rings. The van der Waals surface area contributed by atoms with Gasteiger partial charge < -0.3 is 4.74 Å². The summed E-state index contributed by atoms with van der Waals surface area (Å²) in [5, 5.41) is 0.